The third kappa shape index (κ3) is 3.02. The van der Waals surface area contributed by atoms with E-state index in [4.69, 9.17) is 4.74 Å². The molecule has 0 spiro atoms. The maximum Gasteiger partial charge on any atom is 0.123 e. The van der Waals surface area contributed by atoms with E-state index >= 15 is 0 Å². The number of rotatable bonds is 4. The molecule has 1 saturated heterocycles. The number of ether oxygens (including phenoxy) is 1. The zero-order chi connectivity index (χ0) is 13.0. The number of hydrogen-bond acceptors (Lipinski definition) is 3. The summed E-state index contributed by atoms with van der Waals surface area (Å²) in [5.41, 5.74) is 1.07. The van der Waals surface area contributed by atoms with Crippen LogP contribution in [-0.4, -0.2) is 24.1 Å². The maximum atomic E-state index is 9.33. The van der Waals surface area contributed by atoms with Crippen molar-refractivity contribution in [3.63, 3.8) is 0 Å². The SMILES string of the molecule is CC(C)Oc1ccc(C(C#N)N2CCCC2)cc1. The Morgan fingerprint density at radius 3 is 2.28 bits per heavy atom. The van der Waals surface area contributed by atoms with E-state index in [1.807, 2.05) is 38.1 Å². The molecule has 2 rings (SSSR count). The van der Waals surface area contributed by atoms with E-state index in [-0.39, 0.29) is 12.1 Å². The molecule has 1 aliphatic rings. The van der Waals surface area contributed by atoms with Gasteiger partial charge < -0.3 is 4.74 Å². The van der Waals surface area contributed by atoms with Crippen LogP contribution in [0.3, 0.4) is 0 Å². The first-order valence-electron chi connectivity index (χ1n) is 6.61. The van der Waals surface area contributed by atoms with Crippen LogP contribution in [0, 0.1) is 11.3 Å². The highest BCUT2D eigenvalue weighted by Crippen LogP contribution is 2.26. The van der Waals surface area contributed by atoms with Crippen molar-refractivity contribution in [2.75, 3.05) is 13.1 Å². The summed E-state index contributed by atoms with van der Waals surface area (Å²) in [6, 6.07) is 10.2. The minimum absolute atomic E-state index is 0.111. The molecule has 0 aliphatic carbocycles. The Bertz CT molecular complexity index is 413. The van der Waals surface area contributed by atoms with Gasteiger partial charge in [0.05, 0.1) is 12.2 Å². The Morgan fingerprint density at radius 1 is 1.17 bits per heavy atom. The Hall–Kier alpha value is -1.53. The van der Waals surface area contributed by atoms with Gasteiger partial charge in [-0.3, -0.25) is 4.90 Å². The zero-order valence-electron chi connectivity index (χ0n) is 11.1. The molecule has 0 N–H and O–H groups in total. The number of nitriles is 1. The molecule has 0 radical (unpaired) electrons. The summed E-state index contributed by atoms with van der Waals surface area (Å²) in [6.07, 6.45) is 2.58. The van der Waals surface area contributed by atoms with E-state index in [0.29, 0.717) is 0 Å². The van der Waals surface area contributed by atoms with E-state index in [2.05, 4.69) is 11.0 Å². The number of nitrogens with zero attached hydrogens (tertiary/aromatic N) is 2. The van der Waals surface area contributed by atoms with E-state index < -0.39 is 0 Å². The van der Waals surface area contributed by atoms with Crippen molar-refractivity contribution < 1.29 is 4.74 Å². The normalized spacial score (nSPS) is 17.7. The lowest BCUT2D eigenvalue weighted by molar-refractivity contribution is 0.242. The van der Waals surface area contributed by atoms with Gasteiger partial charge in [-0.25, -0.2) is 0 Å². The van der Waals surface area contributed by atoms with E-state index in [1.165, 1.54) is 12.8 Å². The summed E-state index contributed by atoms with van der Waals surface area (Å²) in [7, 11) is 0. The molecule has 1 aliphatic heterocycles. The van der Waals surface area contributed by atoms with Gasteiger partial charge in [0.25, 0.3) is 0 Å². The van der Waals surface area contributed by atoms with E-state index in [1.54, 1.807) is 0 Å². The summed E-state index contributed by atoms with van der Waals surface area (Å²) < 4.78 is 5.61. The van der Waals surface area contributed by atoms with Gasteiger partial charge in [-0.15, -0.1) is 0 Å². The lowest BCUT2D eigenvalue weighted by atomic mass is 10.1. The first-order valence-corrected chi connectivity index (χ1v) is 6.61. The number of benzene rings is 1. The molecular weight excluding hydrogens is 224 g/mol. The smallest absolute Gasteiger partial charge is 0.123 e. The minimum atomic E-state index is -0.111. The number of hydrogen-bond donors (Lipinski definition) is 0. The van der Waals surface area contributed by atoms with Crippen LogP contribution in [0.1, 0.15) is 38.3 Å². The second kappa shape index (κ2) is 5.88. The second-order valence-corrected chi connectivity index (χ2v) is 5.01. The van der Waals surface area contributed by atoms with Crippen molar-refractivity contribution in [1.82, 2.24) is 4.90 Å². The van der Waals surface area contributed by atoms with E-state index in [9.17, 15) is 5.26 Å². The van der Waals surface area contributed by atoms with Gasteiger partial charge in [0.1, 0.15) is 11.8 Å². The molecule has 3 nitrogen and oxygen atoms in total. The van der Waals surface area contributed by atoms with Crippen molar-refractivity contribution in [3.05, 3.63) is 29.8 Å². The Kier molecular flexibility index (Phi) is 4.22. The summed E-state index contributed by atoms with van der Waals surface area (Å²) in [5.74, 6) is 0.867. The molecule has 1 aromatic rings. The molecule has 0 amide bonds. The molecule has 1 aromatic carbocycles. The summed E-state index contributed by atoms with van der Waals surface area (Å²) >= 11 is 0. The van der Waals surface area contributed by atoms with Crippen molar-refractivity contribution in [2.24, 2.45) is 0 Å². The minimum Gasteiger partial charge on any atom is -0.491 e. The molecule has 0 saturated carbocycles. The van der Waals surface area contributed by atoms with Gasteiger partial charge in [0.15, 0.2) is 0 Å². The first kappa shape index (κ1) is 12.9. The van der Waals surface area contributed by atoms with Crippen LogP contribution >= 0.6 is 0 Å². The fourth-order valence-electron chi connectivity index (χ4n) is 2.37. The predicted octanol–water partition coefficient (Wildman–Crippen LogP) is 3.13. The average Bonchev–Trinajstić information content (AvgIpc) is 2.85. The van der Waals surface area contributed by atoms with Crippen molar-refractivity contribution >= 4 is 0 Å². The van der Waals surface area contributed by atoms with Crippen LogP contribution in [0.25, 0.3) is 0 Å². The third-order valence-electron chi connectivity index (χ3n) is 3.20. The van der Waals surface area contributed by atoms with Gasteiger partial charge in [0, 0.05) is 0 Å². The molecular formula is C15H20N2O. The molecule has 1 heterocycles. The molecule has 18 heavy (non-hydrogen) atoms. The largest absolute Gasteiger partial charge is 0.491 e. The maximum absolute atomic E-state index is 9.33. The lowest BCUT2D eigenvalue weighted by Gasteiger charge is -2.21. The first-order chi connectivity index (χ1) is 8.70. The molecule has 96 valence electrons. The molecule has 1 unspecified atom stereocenters. The molecule has 1 atom stereocenters. The highest BCUT2D eigenvalue weighted by Gasteiger charge is 2.22. The van der Waals surface area contributed by atoms with Gasteiger partial charge >= 0.3 is 0 Å². The Labute approximate surface area is 109 Å². The van der Waals surface area contributed by atoms with Gasteiger partial charge in [-0.1, -0.05) is 12.1 Å². The highest BCUT2D eigenvalue weighted by atomic mass is 16.5. The lowest BCUT2D eigenvalue weighted by Crippen LogP contribution is -2.24. The van der Waals surface area contributed by atoms with Crippen LogP contribution in [0.15, 0.2) is 24.3 Å². The van der Waals surface area contributed by atoms with Crippen LogP contribution in [0.4, 0.5) is 0 Å². The van der Waals surface area contributed by atoms with Crippen molar-refractivity contribution in [3.8, 4) is 11.8 Å². The molecule has 0 bridgehead atoms. The predicted molar refractivity (Wildman–Crippen MR) is 71.4 cm³/mol. The molecule has 3 heteroatoms. The van der Waals surface area contributed by atoms with Crippen LogP contribution in [0.2, 0.25) is 0 Å². The fourth-order valence-corrected chi connectivity index (χ4v) is 2.37. The topological polar surface area (TPSA) is 36.3 Å². The Balaban J connectivity index is 2.09. The second-order valence-electron chi connectivity index (χ2n) is 5.01. The standard InChI is InChI=1S/C15H20N2O/c1-12(2)18-14-7-5-13(6-8-14)15(11-16)17-9-3-4-10-17/h5-8,12,15H,3-4,9-10H2,1-2H3. The van der Waals surface area contributed by atoms with Crippen LogP contribution in [0.5, 0.6) is 5.75 Å². The van der Waals surface area contributed by atoms with Gasteiger partial charge in [-0.2, -0.15) is 5.26 Å². The number of likely N-dealkylation sites (tertiary alicyclic amines) is 1. The van der Waals surface area contributed by atoms with Gasteiger partial charge in [0.2, 0.25) is 0 Å². The summed E-state index contributed by atoms with van der Waals surface area (Å²) in [6.45, 7) is 6.08. The summed E-state index contributed by atoms with van der Waals surface area (Å²) in [4.78, 5) is 2.25. The zero-order valence-corrected chi connectivity index (χ0v) is 11.1. The van der Waals surface area contributed by atoms with E-state index in [0.717, 1.165) is 24.4 Å². The fraction of sp³-hybridized carbons (Fsp3) is 0.533. The van der Waals surface area contributed by atoms with Gasteiger partial charge in [-0.05, 0) is 57.5 Å². The quantitative estimate of drug-likeness (QED) is 0.816. The van der Waals surface area contributed by atoms with Crippen LogP contribution in [-0.2, 0) is 0 Å². The molecule has 1 fully saturated rings. The van der Waals surface area contributed by atoms with Crippen molar-refractivity contribution in [2.45, 2.75) is 38.8 Å². The third-order valence-corrected chi connectivity index (χ3v) is 3.20. The highest BCUT2D eigenvalue weighted by molar-refractivity contribution is 5.32. The average molecular weight is 244 g/mol. The monoisotopic (exact) mass is 244 g/mol. The Morgan fingerprint density at radius 2 is 1.78 bits per heavy atom. The summed E-state index contributed by atoms with van der Waals surface area (Å²) in [5, 5.41) is 9.33. The van der Waals surface area contributed by atoms with Crippen molar-refractivity contribution in [1.29, 1.82) is 5.26 Å². The molecule has 0 aromatic heterocycles. The van der Waals surface area contributed by atoms with Crippen LogP contribution < -0.4 is 4.74 Å².